The van der Waals surface area contributed by atoms with Crippen molar-refractivity contribution in [2.45, 2.75) is 59.7 Å². The minimum atomic E-state index is -0.114. The molecule has 190 valence electrons. The Morgan fingerprint density at radius 1 is 1.11 bits per heavy atom. The van der Waals surface area contributed by atoms with Gasteiger partial charge >= 0.3 is 0 Å². The molecule has 1 unspecified atom stereocenters. The summed E-state index contributed by atoms with van der Waals surface area (Å²) in [6, 6.07) is 16.4. The maximum atomic E-state index is 13.1. The third-order valence-corrected chi connectivity index (χ3v) is 6.65. The fourth-order valence-electron chi connectivity index (χ4n) is 5.00. The second kappa shape index (κ2) is 11.6. The molecule has 0 spiro atoms. The maximum absolute atomic E-state index is 13.1. The summed E-state index contributed by atoms with van der Waals surface area (Å²) in [7, 11) is 0. The average molecular weight is 489 g/mol. The van der Waals surface area contributed by atoms with Crippen molar-refractivity contribution in [2.75, 3.05) is 13.2 Å². The highest BCUT2D eigenvalue weighted by Gasteiger charge is 2.29. The Morgan fingerprint density at radius 2 is 1.89 bits per heavy atom. The number of aliphatic hydroxyl groups excluding tert-OH is 1. The monoisotopic (exact) mass is 488 g/mol. The molecule has 1 atom stereocenters. The largest absolute Gasteiger partial charge is 0.396 e. The van der Waals surface area contributed by atoms with E-state index in [1.54, 1.807) is 0 Å². The Labute approximate surface area is 212 Å². The Balaban J connectivity index is 1.66. The van der Waals surface area contributed by atoms with Crippen molar-refractivity contribution in [2.24, 2.45) is 5.92 Å². The minimum absolute atomic E-state index is 0.0761. The number of tetrazole rings is 1. The van der Waals surface area contributed by atoms with Crippen LogP contribution in [-0.4, -0.2) is 48.3 Å². The molecule has 0 aliphatic heterocycles. The van der Waals surface area contributed by atoms with Crippen molar-refractivity contribution in [3.8, 4) is 0 Å². The van der Waals surface area contributed by atoms with E-state index in [-0.39, 0.29) is 24.1 Å². The number of aryl methyl sites for hydroxylation is 4. The Hall–Kier alpha value is -3.36. The summed E-state index contributed by atoms with van der Waals surface area (Å²) < 4.78 is 1.88. The van der Waals surface area contributed by atoms with E-state index < -0.39 is 0 Å². The highest BCUT2D eigenvalue weighted by molar-refractivity contribution is 5.82. The zero-order valence-electron chi connectivity index (χ0n) is 21.6. The van der Waals surface area contributed by atoms with Crippen LogP contribution in [0.15, 0.2) is 53.3 Å². The van der Waals surface area contributed by atoms with Gasteiger partial charge in [-0.2, -0.15) is 0 Å². The summed E-state index contributed by atoms with van der Waals surface area (Å²) in [5, 5.41) is 23.4. The van der Waals surface area contributed by atoms with Crippen molar-refractivity contribution < 1.29 is 5.11 Å². The number of hydrogen-bond donors (Lipinski definition) is 2. The number of H-pyrrole nitrogens is 1. The van der Waals surface area contributed by atoms with Gasteiger partial charge in [-0.1, -0.05) is 55.8 Å². The van der Waals surface area contributed by atoms with Gasteiger partial charge in [-0.3, -0.25) is 9.69 Å². The molecule has 2 heterocycles. The molecule has 0 bridgehead atoms. The van der Waals surface area contributed by atoms with Crippen LogP contribution in [0.25, 0.3) is 10.9 Å². The molecule has 0 saturated heterocycles. The van der Waals surface area contributed by atoms with Crippen LogP contribution in [0.3, 0.4) is 0 Å². The van der Waals surface area contributed by atoms with Crippen molar-refractivity contribution in [3.05, 3.63) is 87.0 Å². The lowest BCUT2D eigenvalue weighted by molar-refractivity contribution is 0.122. The first kappa shape index (κ1) is 25.7. The van der Waals surface area contributed by atoms with Crippen LogP contribution in [-0.2, 0) is 19.5 Å². The van der Waals surface area contributed by atoms with Gasteiger partial charge in [-0.05, 0) is 71.7 Å². The van der Waals surface area contributed by atoms with Crippen LogP contribution in [0.1, 0.15) is 54.4 Å². The summed E-state index contributed by atoms with van der Waals surface area (Å²) in [4.78, 5) is 18.4. The molecule has 8 heteroatoms. The number of rotatable bonds is 11. The van der Waals surface area contributed by atoms with Crippen molar-refractivity contribution in [1.29, 1.82) is 0 Å². The van der Waals surface area contributed by atoms with Crippen molar-refractivity contribution in [1.82, 2.24) is 30.1 Å². The second-order valence-corrected chi connectivity index (χ2v) is 9.90. The van der Waals surface area contributed by atoms with Crippen LogP contribution >= 0.6 is 0 Å². The lowest BCUT2D eigenvalue weighted by Gasteiger charge is -2.33. The number of aromatic amines is 1. The van der Waals surface area contributed by atoms with Gasteiger partial charge in [0.05, 0.1) is 11.6 Å². The van der Waals surface area contributed by atoms with Gasteiger partial charge in [0.1, 0.15) is 0 Å². The van der Waals surface area contributed by atoms with E-state index in [1.807, 2.05) is 35.9 Å². The second-order valence-electron chi connectivity index (χ2n) is 9.90. The number of aliphatic hydroxyl groups is 1. The molecule has 0 aliphatic rings. The number of benzene rings is 2. The van der Waals surface area contributed by atoms with Crippen LogP contribution in [0.5, 0.6) is 0 Å². The summed E-state index contributed by atoms with van der Waals surface area (Å²) in [6.45, 7) is 10.2. The van der Waals surface area contributed by atoms with Gasteiger partial charge in [0.25, 0.3) is 5.56 Å². The third kappa shape index (κ3) is 5.88. The molecule has 4 rings (SSSR count). The highest BCUT2D eigenvalue weighted by Crippen LogP contribution is 2.29. The standard InChI is InChI=1S/C28H36N6O2/c1-19(2)26(27-30-31-32-34(27)13-11-22-9-6-5-7-10-22)33(12-8-14-35)18-24-17-23-16-20(3)15-21(4)25(23)29-28(24)36/h5-7,9-10,15-17,19,26,35H,8,11-14,18H2,1-4H3,(H,29,36). The molecule has 2 aromatic heterocycles. The highest BCUT2D eigenvalue weighted by atomic mass is 16.3. The predicted molar refractivity (Wildman–Crippen MR) is 142 cm³/mol. The lowest BCUT2D eigenvalue weighted by Crippen LogP contribution is -2.36. The van der Waals surface area contributed by atoms with Crippen LogP contribution < -0.4 is 5.56 Å². The van der Waals surface area contributed by atoms with Gasteiger partial charge in [0.15, 0.2) is 5.82 Å². The van der Waals surface area contributed by atoms with Crippen molar-refractivity contribution >= 4 is 10.9 Å². The van der Waals surface area contributed by atoms with E-state index in [9.17, 15) is 9.90 Å². The summed E-state index contributed by atoms with van der Waals surface area (Å²) in [5.74, 6) is 0.969. The average Bonchev–Trinajstić information content (AvgIpc) is 3.30. The van der Waals surface area contributed by atoms with E-state index in [4.69, 9.17) is 0 Å². The normalized spacial score (nSPS) is 12.6. The number of pyridine rings is 1. The van der Waals surface area contributed by atoms with E-state index in [1.165, 1.54) is 5.56 Å². The number of hydrogen-bond acceptors (Lipinski definition) is 6. The SMILES string of the molecule is Cc1cc(C)c2[nH]c(=O)c(CN(CCCO)C(c3nnnn3CCc3ccccc3)C(C)C)cc2c1. The molecular formula is C28H36N6O2. The van der Waals surface area contributed by atoms with E-state index in [0.717, 1.165) is 34.3 Å². The summed E-state index contributed by atoms with van der Waals surface area (Å²) in [5.41, 5.74) is 4.93. The molecule has 2 N–H and O–H groups in total. The van der Waals surface area contributed by atoms with Gasteiger partial charge in [-0.15, -0.1) is 5.10 Å². The molecule has 0 aliphatic carbocycles. The molecule has 0 fully saturated rings. The Kier molecular flexibility index (Phi) is 8.28. The van der Waals surface area contributed by atoms with Crippen molar-refractivity contribution in [3.63, 3.8) is 0 Å². The molecular weight excluding hydrogens is 452 g/mol. The minimum Gasteiger partial charge on any atom is -0.396 e. The fraction of sp³-hybridized carbons (Fsp3) is 0.429. The molecule has 8 nitrogen and oxygen atoms in total. The number of nitrogens with one attached hydrogen (secondary N) is 1. The number of nitrogens with zero attached hydrogens (tertiary/aromatic N) is 5. The summed E-state index contributed by atoms with van der Waals surface area (Å²) in [6.07, 6.45) is 1.42. The number of aromatic nitrogens is 5. The predicted octanol–water partition coefficient (Wildman–Crippen LogP) is 3.96. The Bertz CT molecular complexity index is 1350. The zero-order valence-corrected chi connectivity index (χ0v) is 21.6. The van der Waals surface area contributed by atoms with Crippen LogP contribution in [0.4, 0.5) is 0 Å². The van der Waals surface area contributed by atoms with Crippen LogP contribution in [0, 0.1) is 19.8 Å². The van der Waals surface area contributed by atoms with Crippen LogP contribution in [0.2, 0.25) is 0 Å². The molecule has 36 heavy (non-hydrogen) atoms. The van der Waals surface area contributed by atoms with E-state index in [0.29, 0.717) is 31.6 Å². The zero-order chi connectivity index (χ0) is 25.7. The first-order chi connectivity index (χ1) is 17.4. The smallest absolute Gasteiger partial charge is 0.252 e. The molecule has 0 amide bonds. The lowest BCUT2D eigenvalue weighted by atomic mass is 9.99. The first-order valence-corrected chi connectivity index (χ1v) is 12.7. The quantitative estimate of drug-likeness (QED) is 0.332. The van der Waals surface area contributed by atoms with E-state index in [2.05, 4.69) is 70.4 Å². The maximum Gasteiger partial charge on any atom is 0.252 e. The third-order valence-electron chi connectivity index (χ3n) is 6.65. The van der Waals surface area contributed by atoms with E-state index >= 15 is 0 Å². The van der Waals surface area contributed by atoms with Gasteiger partial charge < -0.3 is 10.1 Å². The van der Waals surface area contributed by atoms with Gasteiger partial charge in [0.2, 0.25) is 0 Å². The topological polar surface area (TPSA) is 99.9 Å². The molecule has 4 aromatic rings. The molecule has 0 saturated carbocycles. The molecule has 0 radical (unpaired) electrons. The molecule has 2 aromatic carbocycles. The fourth-order valence-corrected chi connectivity index (χ4v) is 5.00. The Morgan fingerprint density at radius 3 is 2.61 bits per heavy atom. The van der Waals surface area contributed by atoms with Gasteiger partial charge in [-0.25, -0.2) is 4.68 Å². The number of fused-ring (bicyclic) bond motifs is 1. The summed E-state index contributed by atoms with van der Waals surface area (Å²) >= 11 is 0. The van der Waals surface area contributed by atoms with Gasteiger partial charge in [0, 0.05) is 31.8 Å². The first-order valence-electron chi connectivity index (χ1n) is 12.7.